The van der Waals surface area contributed by atoms with Gasteiger partial charge in [-0.1, -0.05) is 0 Å². The third kappa shape index (κ3) is 3.46. The van der Waals surface area contributed by atoms with Gasteiger partial charge in [-0.25, -0.2) is 15.0 Å². The summed E-state index contributed by atoms with van der Waals surface area (Å²) in [5, 5.41) is 8.56. The van der Waals surface area contributed by atoms with Crippen molar-refractivity contribution in [3.8, 4) is 22.9 Å². The summed E-state index contributed by atoms with van der Waals surface area (Å²) in [4.78, 5) is 31.2. The summed E-state index contributed by atoms with van der Waals surface area (Å²) in [6.45, 7) is 3.60. The first-order chi connectivity index (χ1) is 17.2. The van der Waals surface area contributed by atoms with Gasteiger partial charge in [-0.2, -0.15) is 5.10 Å². The first kappa shape index (κ1) is 20.3. The summed E-state index contributed by atoms with van der Waals surface area (Å²) < 4.78 is 0. The Balaban J connectivity index is 1.28. The number of fused-ring (bicyclic) bond motifs is 2. The van der Waals surface area contributed by atoms with Crippen molar-refractivity contribution in [3.63, 3.8) is 0 Å². The van der Waals surface area contributed by atoms with Crippen LogP contribution in [0.15, 0.2) is 36.9 Å². The standard InChI is InChI=1S/C24H25N11/c25-14-12-35(13-14)20-11-26-9-19(29-20)17-8-15-18(10-28-17)32-33-21(15)23-30-16-4-5-27-24(22(16)31-23)34-6-2-1-3-7-34/h4-5,8-11,14H,1-3,6-7,12-13,25H2,(H,30,31)(H,32,33). The molecule has 2 aliphatic rings. The van der Waals surface area contributed by atoms with Crippen LogP contribution in [0.5, 0.6) is 0 Å². The molecule has 2 fully saturated rings. The Kier molecular flexibility index (Phi) is 4.62. The van der Waals surface area contributed by atoms with Gasteiger partial charge in [0.15, 0.2) is 11.6 Å². The molecule has 35 heavy (non-hydrogen) atoms. The average molecular weight is 468 g/mol. The molecule has 5 aromatic heterocycles. The number of piperidine rings is 1. The Hall–Kier alpha value is -4.12. The highest BCUT2D eigenvalue weighted by Gasteiger charge is 2.25. The molecule has 2 saturated heterocycles. The third-order valence-electron chi connectivity index (χ3n) is 6.83. The van der Waals surface area contributed by atoms with E-state index in [2.05, 4.69) is 39.9 Å². The second-order valence-electron chi connectivity index (χ2n) is 9.28. The molecule has 11 nitrogen and oxygen atoms in total. The predicted molar refractivity (Wildman–Crippen MR) is 134 cm³/mol. The van der Waals surface area contributed by atoms with Crippen LogP contribution >= 0.6 is 0 Å². The van der Waals surface area contributed by atoms with Crippen molar-refractivity contribution < 1.29 is 0 Å². The number of anilines is 2. The summed E-state index contributed by atoms with van der Waals surface area (Å²) >= 11 is 0. The molecule has 0 atom stereocenters. The van der Waals surface area contributed by atoms with Crippen molar-refractivity contribution in [2.45, 2.75) is 25.3 Å². The Bertz CT molecular complexity index is 1530. The molecular formula is C24H25N11. The molecule has 2 aliphatic heterocycles. The number of hydrogen-bond acceptors (Lipinski definition) is 9. The molecule has 0 amide bonds. The van der Waals surface area contributed by atoms with Gasteiger partial charge in [0, 0.05) is 43.8 Å². The number of imidazole rings is 1. The largest absolute Gasteiger partial charge is 0.355 e. The van der Waals surface area contributed by atoms with Crippen molar-refractivity contribution in [1.29, 1.82) is 0 Å². The zero-order chi connectivity index (χ0) is 23.4. The Morgan fingerprint density at radius 1 is 0.914 bits per heavy atom. The molecule has 0 aromatic carbocycles. The van der Waals surface area contributed by atoms with Crippen molar-refractivity contribution in [3.05, 3.63) is 36.9 Å². The zero-order valence-corrected chi connectivity index (χ0v) is 19.1. The summed E-state index contributed by atoms with van der Waals surface area (Å²) in [7, 11) is 0. The smallest absolute Gasteiger partial charge is 0.159 e. The lowest BCUT2D eigenvalue weighted by Gasteiger charge is -2.37. The van der Waals surface area contributed by atoms with E-state index < -0.39 is 0 Å². The van der Waals surface area contributed by atoms with Gasteiger partial charge in [-0.15, -0.1) is 0 Å². The van der Waals surface area contributed by atoms with Crippen LogP contribution in [0.3, 0.4) is 0 Å². The highest BCUT2D eigenvalue weighted by molar-refractivity contribution is 5.96. The predicted octanol–water partition coefficient (Wildman–Crippen LogP) is 2.49. The molecule has 0 saturated carbocycles. The number of hydrogen-bond donors (Lipinski definition) is 3. The lowest BCUT2D eigenvalue weighted by molar-refractivity contribution is 0.514. The van der Waals surface area contributed by atoms with Crippen molar-refractivity contribution in [2.24, 2.45) is 5.73 Å². The molecule has 11 heteroatoms. The molecule has 0 radical (unpaired) electrons. The number of aromatic amines is 2. The van der Waals surface area contributed by atoms with Gasteiger partial charge in [-0.05, 0) is 31.4 Å². The number of pyridine rings is 2. The normalized spacial score (nSPS) is 16.8. The van der Waals surface area contributed by atoms with Gasteiger partial charge in [0.1, 0.15) is 22.7 Å². The van der Waals surface area contributed by atoms with Crippen LogP contribution in [0.25, 0.3) is 44.8 Å². The van der Waals surface area contributed by atoms with E-state index in [-0.39, 0.29) is 6.04 Å². The van der Waals surface area contributed by atoms with E-state index in [1.807, 2.05) is 18.3 Å². The van der Waals surface area contributed by atoms with Crippen LogP contribution in [0, 0.1) is 0 Å². The summed E-state index contributed by atoms with van der Waals surface area (Å²) in [6, 6.07) is 4.14. The average Bonchev–Trinajstić information content (AvgIpc) is 3.51. The lowest BCUT2D eigenvalue weighted by atomic mass is 10.1. The number of H-pyrrole nitrogens is 2. The monoisotopic (exact) mass is 467 g/mol. The van der Waals surface area contributed by atoms with E-state index in [9.17, 15) is 0 Å². The quantitative estimate of drug-likeness (QED) is 0.363. The fourth-order valence-corrected chi connectivity index (χ4v) is 4.94. The van der Waals surface area contributed by atoms with Gasteiger partial charge in [0.2, 0.25) is 0 Å². The minimum atomic E-state index is 0.192. The van der Waals surface area contributed by atoms with Crippen molar-refractivity contribution >= 4 is 33.6 Å². The molecule has 4 N–H and O–H groups in total. The minimum absolute atomic E-state index is 0.192. The van der Waals surface area contributed by atoms with Gasteiger partial charge >= 0.3 is 0 Å². The second-order valence-corrected chi connectivity index (χ2v) is 9.28. The Morgan fingerprint density at radius 2 is 1.80 bits per heavy atom. The van der Waals surface area contributed by atoms with E-state index in [4.69, 9.17) is 15.7 Å². The maximum absolute atomic E-state index is 5.93. The van der Waals surface area contributed by atoms with Crippen LogP contribution < -0.4 is 15.5 Å². The molecule has 0 aliphatic carbocycles. The molecule has 7 rings (SSSR count). The van der Waals surface area contributed by atoms with Gasteiger partial charge in [0.25, 0.3) is 0 Å². The van der Waals surface area contributed by atoms with Crippen LogP contribution in [-0.4, -0.2) is 72.3 Å². The summed E-state index contributed by atoms with van der Waals surface area (Å²) in [5.74, 6) is 2.45. The first-order valence-electron chi connectivity index (χ1n) is 12.0. The highest BCUT2D eigenvalue weighted by Crippen LogP contribution is 2.31. The SMILES string of the molecule is NC1CN(c2cncc(-c3cc4c(-c5nc6c(N7CCCCC7)nccc6[nH]5)n[nH]c4cn3)n2)C1. The first-order valence-corrected chi connectivity index (χ1v) is 12.0. The fourth-order valence-electron chi connectivity index (χ4n) is 4.94. The van der Waals surface area contributed by atoms with E-state index in [0.717, 1.165) is 71.1 Å². The van der Waals surface area contributed by atoms with E-state index >= 15 is 0 Å². The minimum Gasteiger partial charge on any atom is -0.355 e. The number of rotatable bonds is 4. The molecule has 0 unspecified atom stereocenters. The maximum atomic E-state index is 5.93. The lowest BCUT2D eigenvalue weighted by Crippen LogP contribution is -2.56. The van der Waals surface area contributed by atoms with E-state index in [1.54, 1.807) is 18.6 Å². The Morgan fingerprint density at radius 3 is 2.66 bits per heavy atom. The molecule has 7 heterocycles. The summed E-state index contributed by atoms with van der Waals surface area (Å²) in [5.41, 5.74) is 10.8. The second kappa shape index (κ2) is 7.98. The number of nitrogens with one attached hydrogen (secondary N) is 2. The molecular weight excluding hydrogens is 442 g/mol. The maximum Gasteiger partial charge on any atom is 0.159 e. The van der Waals surface area contributed by atoms with E-state index in [0.29, 0.717) is 11.5 Å². The number of nitrogens with zero attached hydrogens (tertiary/aromatic N) is 8. The topological polar surface area (TPSA) is 141 Å². The van der Waals surface area contributed by atoms with Crippen LogP contribution in [0.2, 0.25) is 0 Å². The molecule has 0 bridgehead atoms. The Labute approximate surface area is 200 Å². The van der Waals surface area contributed by atoms with Gasteiger partial charge in [-0.3, -0.25) is 15.1 Å². The molecule has 0 spiro atoms. The highest BCUT2D eigenvalue weighted by atomic mass is 15.3. The van der Waals surface area contributed by atoms with E-state index in [1.165, 1.54) is 19.3 Å². The van der Waals surface area contributed by atoms with Crippen molar-refractivity contribution in [2.75, 3.05) is 36.0 Å². The fraction of sp³-hybridized carbons (Fsp3) is 0.333. The molecule has 176 valence electrons. The van der Waals surface area contributed by atoms with Crippen LogP contribution in [-0.2, 0) is 0 Å². The van der Waals surface area contributed by atoms with Gasteiger partial charge in [0.05, 0.1) is 35.3 Å². The van der Waals surface area contributed by atoms with Gasteiger partial charge < -0.3 is 20.5 Å². The van der Waals surface area contributed by atoms with Crippen LogP contribution in [0.4, 0.5) is 11.6 Å². The van der Waals surface area contributed by atoms with Crippen molar-refractivity contribution in [1.82, 2.24) is 40.1 Å². The molecule has 5 aromatic rings. The number of aromatic nitrogens is 8. The third-order valence-corrected chi connectivity index (χ3v) is 6.83. The number of nitrogens with two attached hydrogens (primary N) is 1. The zero-order valence-electron chi connectivity index (χ0n) is 19.1. The van der Waals surface area contributed by atoms with Crippen LogP contribution in [0.1, 0.15) is 19.3 Å². The summed E-state index contributed by atoms with van der Waals surface area (Å²) in [6.07, 6.45) is 10.8.